The lowest BCUT2D eigenvalue weighted by Crippen LogP contribution is -2.36. The summed E-state index contributed by atoms with van der Waals surface area (Å²) in [6.45, 7) is 7.77. The van der Waals surface area contributed by atoms with E-state index in [4.69, 9.17) is 9.84 Å². The lowest BCUT2D eigenvalue weighted by atomic mass is 9.67. The summed E-state index contributed by atoms with van der Waals surface area (Å²) < 4.78 is 4.72. The van der Waals surface area contributed by atoms with Gasteiger partial charge in [0, 0.05) is 6.42 Å². The van der Waals surface area contributed by atoms with Gasteiger partial charge in [-0.25, -0.2) is 0 Å². The molecule has 0 aromatic carbocycles. The van der Waals surface area contributed by atoms with Crippen LogP contribution in [0.2, 0.25) is 0 Å². The molecule has 1 fully saturated rings. The summed E-state index contributed by atoms with van der Waals surface area (Å²) in [6, 6.07) is 0. The van der Waals surface area contributed by atoms with Gasteiger partial charge >= 0.3 is 5.97 Å². The van der Waals surface area contributed by atoms with Crippen LogP contribution in [0.5, 0.6) is 0 Å². The fraction of sp³-hybridized carbons (Fsp3) is 0.889. The highest BCUT2D eigenvalue weighted by atomic mass is 16.6. The Kier molecular flexibility index (Phi) is 1.95. The summed E-state index contributed by atoms with van der Waals surface area (Å²) in [6.07, 6.45) is -0.517. The van der Waals surface area contributed by atoms with Crippen LogP contribution in [0.3, 0.4) is 0 Å². The van der Waals surface area contributed by atoms with Gasteiger partial charge in [-0.3, -0.25) is 4.79 Å². The van der Waals surface area contributed by atoms with Gasteiger partial charge in [0.25, 0.3) is 0 Å². The predicted molar refractivity (Wildman–Crippen MR) is 44.3 cm³/mol. The molecule has 0 radical (unpaired) electrons. The van der Waals surface area contributed by atoms with Gasteiger partial charge in [-0.05, 0) is 12.3 Å². The summed E-state index contributed by atoms with van der Waals surface area (Å²) in [5.41, 5.74) is -0.714. The number of carbonyl (C=O) groups excluding carboxylic acids is 1. The number of carbonyl (C=O) groups is 1. The number of esters is 1. The van der Waals surface area contributed by atoms with E-state index in [2.05, 4.69) is 0 Å². The van der Waals surface area contributed by atoms with Gasteiger partial charge in [0.2, 0.25) is 6.29 Å². The van der Waals surface area contributed by atoms with E-state index in [1.165, 1.54) is 0 Å². The zero-order valence-electron chi connectivity index (χ0n) is 8.05. The smallest absolute Gasteiger partial charge is 0.314 e. The Morgan fingerprint density at radius 1 is 1.58 bits per heavy atom. The molecule has 1 N–H and O–H groups in total. The van der Waals surface area contributed by atoms with Crippen molar-refractivity contribution in [3.05, 3.63) is 0 Å². The molecule has 12 heavy (non-hydrogen) atoms. The number of aliphatic hydroxyl groups is 1. The molecule has 0 aromatic heterocycles. The van der Waals surface area contributed by atoms with Crippen molar-refractivity contribution in [1.29, 1.82) is 0 Å². The Bertz CT molecular complexity index is 204. The highest BCUT2D eigenvalue weighted by Gasteiger charge is 2.52. The minimum absolute atomic E-state index is 0.165. The molecule has 1 aliphatic rings. The van der Waals surface area contributed by atoms with Crippen molar-refractivity contribution in [2.75, 3.05) is 0 Å². The van der Waals surface area contributed by atoms with Gasteiger partial charge in [-0.2, -0.15) is 0 Å². The molecule has 0 saturated carbocycles. The van der Waals surface area contributed by atoms with Crippen molar-refractivity contribution >= 4 is 5.97 Å². The van der Waals surface area contributed by atoms with Gasteiger partial charge in [-0.15, -0.1) is 0 Å². The third-order valence-electron chi connectivity index (χ3n) is 2.93. The molecular formula is C9H16O3. The van der Waals surface area contributed by atoms with Crippen molar-refractivity contribution in [3.8, 4) is 0 Å². The van der Waals surface area contributed by atoms with Gasteiger partial charge in [0.1, 0.15) is 0 Å². The Balaban J connectivity index is 2.93. The maximum atomic E-state index is 11.4. The molecule has 70 valence electrons. The average molecular weight is 172 g/mol. The summed E-state index contributed by atoms with van der Waals surface area (Å²) in [5, 5.41) is 9.16. The molecule has 1 saturated heterocycles. The summed E-state index contributed by atoms with van der Waals surface area (Å²) in [7, 11) is 0. The second kappa shape index (κ2) is 2.46. The van der Waals surface area contributed by atoms with Gasteiger partial charge in [0.05, 0.1) is 5.41 Å². The number of aliphatic hydroxyl groups excluding tert-OH is 1. The number of ether oxygens (including phenoxy) is 1. The second-order valence-corrected chi connectivity index (χ2v) is 4.65. The third kappa shape index (κ3) is 1.22. The molecule has 0 aromatic rings. The third-order valence-corrected chi connectivity index (χ3v) is 2.93. The average Bonchev–Trinajstić information content (AvgIpc) is 2.06. The predicted octanol–water partition coefficient (Wildman–Crippen LogP) is 1.30. The van der Waals surface area contributed by atoms with E-state index in [1.54, 1.807) is 0 Å². The Labute approximate surface area is 72.7 Å². The molecule has 1 aliphatic heterocycles. The molecule has 1 unspecified atom stereocenters. The van der Waals surface area contributed by atoms with Gasteiger partial charge in [-0.1, -0.05) is 20.8 Å². The molecule has 0 bridgehead atoms. The van der Waals surface area contributed by atoms with E-state index in [0.29, 0.717) is 6.42 Å². The lowest BCUT2D eigenvalue weighted by molar-refractivity contribution is -0.160. The van der Waals surface area contributed by atoms with Crippen molar-refractivity contribution in [2.45, 2.75) is 40.4 Å². The van der Waals surface area contributed by atoms with E-state index >= 15 is 0 Å². The molecule has 3 heteroatoms. The van der Waals surface area contributed by atoms with Crippen LogP contribution in [0, 0.1) is 10.8 Å². The van der Waals surface area contributed by atoms with Crippen LogP contribution in [-0.4, -0.2) is 17.4 Å². The molecule has 0 spiro atoms. The van der Waals surface area contributed by atoms with Crippen LogP contribution in [0.4, 0.5) is 0 Å². The normalized spacial score (nSPS) is 36.8. The summed E-state index contributed by atoms with van der Waals surface area (Å²) in [5.74, 6) is -0.289. The van der Waals surface area contributed by atoms with Crippen LogP contribution in [0.25, 0.3) is 0 Å². The van der Waals surface area contributed by atoms with E-state index < -0.39 is 11.7 Å². The van der Waals surface area contributed by atoms with Crippen LogP contribution in [0.1, 0.15) is 34.1 Å². The maximum Gasteiger partial charge on any atom is 0.314 e. The molecule has 0 amide bonds. The van der Waals surface area contributed by atoms with Crippen molar-refractivity contribution < 1.29 is 14.6 Å². The van der Waals surface area contributed by atoms with E-state index in [0.717, 1.165) is 0 Å². The first-order valence-electron chi connectivity index (χ1n) is 4.16. The molecule has 0 aliphatic carbocycles. The highest BCUT2D eigenvalue weighted by molar-refractivity contribution is 5.79. The molecule has 3 nitrogen and oxygen atoms in total. The van der Waals surface area contributed by atoms with Crippen molar-refractivity contribution in [3.63, 3.8) is 0 Å². The fourth-order valence-corrected chi connectivity index (χ4v) is 1.34. The van der Waals surface area contributed by atoms with E-state index in [-0.39, 0.29) is 11.4 Å². The SMILES string of the molecule is CC(C)(C)[C@@]1(C)CC(O)OC1=O. The van der Waals surface area contributed by atoms with Crippen LogP contribution < -0.4 is 0 Å². The van der Waals surface area contributed by atoms with E-state index in [1.807, 2.05) is 27.7 Å². The summed E-state index contributed by atoms with van der Waals surface area (Å²) in [4.78, 5) is 11.4. The van der Waals surface area contributed by atoms with Crippen LogP contribution in [-0.2, 0) is 9.53 Å². The zero-order chi connectivity index (χ0) is 9.57. The maximum absolute atomic E-state index is 11.4. The minimum Gasteiger partial charge on any atom is -0.435 e. The molecular weight excluding hydrogens is 156 g/mol. The Hall–Kier alpha value is -0.570. The lowest BCUT2D eigenvalue weighted by Gasteiger charge is -2.34. The van der Waals surface area contributed by atoms with Crippen molar-refractivity contribution in [1.82, 2.24) is 0 Å². The highest BCUT2D eigenvalue weighted by Crippen LogP contribution is 2.47. The van der Waals surface area contributed by atoms with Gasteiger partial charge in [0.15, 0.2) is 0 Å². The largest absolute Gasteiger partial charge is 0.435 e. The summed E-state index contributed by atoms with van der Waals surface area (Å²) >= 11 is 0. The molecule has 2 atom stereocenters. The first-order valence-corrected chi connectivity index (χ1v) is 4.16. The molecule has 1 rings (SSSR count). The van der Waals surface area contributed by atoms with Crippen molar-refractivity contribution in [2.24, 2.45) is 10.8 Å². The number of hydrogen-bond donors (Lipinski definition) is 1. The van der Waals surface area contributed by atoms with Crippen LogP contribution in [0.15, 0.2) is 0 Å². The number of hydrogen-bond acceptors (Lipinski definition) is 3. The minimum atomic E-state index is -0.915. The Morgan fingerprint density at radius 2 is 2.08 bits per heavy atom. The quantitative estimate of drug-likeness (QED) is 0.560. The molecule has 1 heterocycles. The number of cyclic esters (lactones) is 1. The second-order valence-electron chi connectivity index (χ2n) is 4.65. The number of rotatable bonds is 0. The Morgan fingerprint density at radius 3 is 2.25 bits per heavy atom. The first kappa shape index (κ1) is 9.52. The topological polar surface area (TPSA) is 46.5 Å². The monoisotopic (exact) mass is 172 g/mol. The van der Waals surface area contributed by atoms with E-state index in [9.17, 15) is 4.79 Å². The fourth-order valence-electron chi connectivity index (χ4n) is 1.34. The standard InChI is InChI=1S/C9H16O3/c1-8(2,3)9(4)5-6(10)12-7(9)11/h6,10H,5H2,1-4H3/t6?,9-/m0/s1. The van der Waals surface area contributed by atoms with Gasteiger partial charge < -0.3 is 9.84 Å². The first-order chi connectivity index (χ1) is 5.27. The van der Waals surface area contributed by atoms with Crippen LogP contribution >= 0.6 is 0 Å². The zero-order valence-corrected chi connectivity index (χ0v) is 8.05.